The van der Waals surface area contributed by atoms with Gasteiger partial charge in [0.05, 0.1) is 11.7 Å². The smallest absolute Gasteiger partial charge is 0.248 e. The monoisotopic (exact) mass is 274 g/mol. The largest absolute Gasteiger partial charge is 0.508 e. The summed E-state index contributed by atoms with van der Waals surface area (Å²) >= 11 is 0. The number of hydrogen-bond acceptors (Lipinski definition) is 3. The Morgan fingerprint density at radius 1 is 1.30 bits per heavy atom. The molecular formula is C15H15FN2O2. The van der Waals surface area contributed by atoms with E-state index in [1.165, 1.54) is 18.2 Å². The van der Waals surface area contributed by atoms with Crippen LogP contribution in [0.15, 0.2) is 42.5 Å². The van der Waals surface area contributed by atoms with E-state index in [1.807, 2.05) is 0 Å². The Balaban J connectivity index is 2.28. The Morgan fingerprint density at radius 3 is 2.65 bits per heavy atom. The number of rotatable bonds is 4. The fourth-order valence-corrected chi connectivity index (χ4v) is 1.95. The second kappa shape index (κ2) is 5.61. The zero-order chi connectivity index (χ0) is 14.7. The van der Waals surface area contributed by atoms with Crippen LogP contribution in [0.25, 0.3) is 0 Å². The van der Waals surface area contributed by atoms with E-state index in [0.717, 1.165) is 0 Å². The van der Waals surface area contributed by atoms with Gasteiger partial charge in [-0.1, -0.05) is 18.2 Å². The summed E-state index contributed by atoms with van der Waals surface area (Å²) < 4.78 is 13.7. The van der Waals surface area contributed by atoms with Crippen LogP contribution in [0.3, 0.4) is 0 Å². The predicted molar refractivity (Wildman–Crippen MR) is 75.1 cm³/mol. The van der Waals surface area contributed by atoms with Crippen molar-refractivity contribution >= 4 is 11.6 Å². The summed E-state index contributed by atoms with van der Waals surface area (Å²) in [5.41, 5.74) is 6.19. The fourth-order valence-electron chi connectivity index (χ4n) is 1.95. The molecule has 0 aromatic heterocycles. The van der Waals surface area contributed by atoms with Crippen LogP contribution >= 0.6 is 0 Å². The molecule has 1 atom stereocenters. The van der Waals surface area contributed by atoms with Gasteiger partial charge in [-0.2, -0.15) is 0 Å². The van der Waals surface area contributed by atoms with Crippen molar-refractivity contribution in [2.45, 2.75) is 13.0 Å². The summed E-state index contributed by atoms with van der Waals surface area (Å²) in [7, 11) is 0. The minimum Gasteiger partial charge on any atom is -0.508 e. The lowest BCUT2D eigenvalue weighted by molar-refractivity contribution is 0.100. The van der Waals surface area contributed by atoms with Gasteiger partial charge in [0.1, 0.15) is 11.6 Å². The van der Waals surface area contributed by atoms with Gasteiger partial charge < -0.3 is 16.2 Å². The summed E-state index contributed by atoms with van der Waals surface area (Å²) in [5.74, 6) is -0.987. The van der Waals surface area contributed by atoms with Crippen LogP contribution in [0.2, 0.25) is 0 Å². The van der Waals surface area contributed by atoms with E-state index < -0.39 is 11.7 Å². The van der Waals surface area contributed by atoms with Crippen LogP contribution < -0.4 is 11.1 Å². The maximum atomic E-state index is 13.7. The fraction of sp³-hybridized carbons (Fsp3) is 0.133. The molecule has 0 heterocycles. The van der Waals surface area contributed by atoms with Crippen LogP contribution in [0.4, 0.5) is 10.1 Å². The summed E-state index contributed by atoms with van der Waals surface area (Å²) in [5, 5.41) is 12.7. The minimum absolute atomic E-state index is 0.124. The van der Waals surface area contributed by atoms with Crippen LogP contribution in [-0.2, 0) is 0 Å². The van der Waals surface area contributed by atoms with Gasteiger partial charge in [0.15, 0.2) is 0 Å². The van der Waals surface area contributed by atoms with Gasteiger partial charge in [0.2, 0.25) is 5.91 Å². The van der Waals surface area contributed by atoms with E-state index >= 15 is 0 Å². The molecule has 1 unspecified atom stereocenters. The van der Waals surface area contributed by atoms with Gasteiger partial charge >= 0.3 is 0 Å². The van der Waals surface area contributed by atoms with Crippen molar-refractivity contribution in [2.24, 2.45) is 5.73 Å². The Labute approximate surface area is 116 Å². The Bertz CT molecular complexity index is 644. The molecule has 4 nitrogen and oxygen atoms in total. The lowest BCUT2D eigenvalue weighted by atomic mass is 10.1. The molecule has 2 aromatic rings. The maximum Gasteiger partial charge on any atom is 0.248 e. The highest BCUT2D eigenvalue weighted by Gasteiger charge is 2.13. The Kier molecular flexibility index (Phi) is 3.89. The van der Waals surface area contributed by atoms with Crippen molar-refractivity contribution in [3.63, 3.8) is 0 Å². The van der Waals surface area contributed by atoms with Gasteiger partial charge in [-0.15, -0.1) is 0 Å². The van der Waals surface area contributed by atoms with E-state index in [4.69, 9.17) is 5.73 Å². The summed E-state index contributed by atoms with van der Waals surface area (Å²) in [6.07, 6.45) is 0. The van der Waals surface area contributed by atoms with Crippen molar-refractivity contribution < 1.29 is 14.3 Å². The van der Waals surface area contributed by atoms with Crippen LogP contribution in [0.5, 0.6) is 5.75 Å². The number of para-hydroxylation sites is 1. The molecule has 0 saturated heterocycles. The molecule has 0 aliphatic carbocycles. The second-order valence-electron chi connectivity index (χ2n) is 4.48. The average Bonchev–Trinajstić information content (AvgIpc) is 2.41. The van der Waals surface area contributed by atoms with Gasteiger partial charge in [-0.05, 0) is 31.2 Å². The highest BCUT2D eigenvalue weighted by molar-refractivity contribution is 5.93. The molecule has 0 aliphatic heterocycles. The number of nitrogens with two attached hydrogens (primary N) is 1. The molecule has 0 fully saturated rings. The number of carbonyl (C=O) groups excluding carboxylic acids is 1. The molecule has 0 saturated carbocycles. The Morgan fingerprint density at radius 2 is 2.00 bits per heavy atom. The number of benzene rings is 2. The first-order valence-electron chi connectivity index (χ1n) is 6.13. The normalized spacial score (nSPS) is 11.9. The van der Waals surface area contributed by atoms with Crippen molar-refractivity contribution in [2.75, 3.05) is 5.32 Å². The molecule has 5 heteroatoms. The van der Waals surface area contributed by atoms with Crippen molar-refractivity contribution in [1.82, 2.24) is 0 Å². The molecule has 4 N–H and O–H groups in total. The van der Waals surface area contributed by atoms with Crippen molar-refractivity contribution in [3.05, 3.63) is 59.4 Å². The van der Waals surface area contributed by atoms with Gasteiger partial charge in [0, 0.05) is 11.1 Å². The van der Waals surface area contributed by atoms with E-state index in [-0.39, 0.29) is 23.0 Å². The molecule has 2 aromatic carbocycles. The lowest BCUT2D eigenvalue weighted by Crippen LogP contribution is -2.13. The van der Waals surface area contributed by atoms with E-state index in [0.29, 0.717) is 5.56 Å². The second-order valence-corrected chi connectivity index (χ2v) is 4.48. The molecule has 20 heavy (non-hydrogen) atoms. The number of hydrogen-bond donors (Lipinski definition) is 3. The number of anilines is 1. The predicted octanol–water partition coefficient (Wildman–Crippen LogP) is 2.80. The number of primary amides is 1. The van der Waals surface area contributed by atoms with E-state index in [9.17, 15) is 14.3 Å². The molecule has 104 valence electrons. The number of amides is 1. The lowest BCUT2D eigenvalue weighted by Gasteiger charge is -2.17. The van der Waals surface area contributed by atoms with Gasteiger partial charge in [-0.25, -0.2) is 4.39 Å². The van der Waals surface area contributed by atoms with Crippen LogP contribution in [0.1, 0.15) is 28.9 Å². The van der Waals surface area contributed by atoms with Crippen molar-refractivity contribution in [3.8, 4) is 5.75 Å². The number of aromatic hydroxyl groups is 1. The number of carbonyl (C=O) groups is 1. The first kappa shape index (κ1) is 13.9. The van der Waals surface area contributed by atoms with Crippen molar-refractivity contribution in [1.29, 1.82) is 0 Å². The maximum absolute atomic E-state index is 13.7. The van der Waals surface area contributed by atoms with E-state index in [2.05, 4.69) is 5.32 Å². The topological polar surface area (TPSA) is 75.3 Å². The molecule has 0 radical (unpaired) electrons. The number of nitrogens with one attached hydrogen (secondary N) is 1. The number of phenols is 1. The summed E-state index contributed by atoms with van der Waals surface area (Å²) in [6, 6.07) is 10.3. The average molecular weight is 274 g/mol. The standard InChI is InChI=1S/C15H15FN2O2/c1-9(11-4-2-3-5-14(11)19)18-13-8-10(15(17)20)6-7-12(13)16/h2-9,18-19H,1H3,(H2,17,20). The minimum atomic E-state index is -0.622. The highest BCUT2D eigenvalue weighted by Crippen LogP contribution is 2.27. The molecular weight excluding hydrogens is 259 g/mol. The van der Waals surface area contributed by atoms with E-state index in [1.54, 1.807) is 31.2 Å². The highest BCUT2D eigenvalue weighted by atomic mass is 19.1. The Hall–Kier alpha value is -2.56. The van der Waals surface area contributed by atoms with Gasteiger partial charge in [-0.3, -0.25) is 4.79 Å². The molecule has 2 rings (SSSR count). The van der Waals surface area contributed by atoms with Crippen LogP contribution in [-0.4, -0.2) is 11.0 Å². The molecule has 0 aliphatic rings. The third-order valence-corrected chi connectivity index (χ3v) is 3.03. The summed E-state index contributed by atoms with van der Waals surface area (Å²) in [4.78, 5) is 11.1. The quantitative estimate of drug-likeness (QED) is 0.802. The molecule has 1 amide bonds. The molecule has 0 spiro atoms. The van der Waals surface area contributed by atoms with Gasteiger partial charge in [0.25, 0.3) is 0 Å². The number of halogens is 1. The third kappa shape index (κ3) is 2.88. The zero-order valence-electron chi connectivity index (χ0n) is 10.9. The first-order chi connectivity index (χ1) is 9.49. The zero-order valence-corrected chi connectivity index (χ0v) is 10.9. The van der Waals surface area contributed by atoms with Crippen LogP contribution in [0, 0.1) is 5.82 Å². The first-order valence-corrected chi connectivity index (χ1v) is 6.13. The molecule has 0 bridgehead atoms. The summed E-state index contributed by atoms with van der Waals surface area (Å²) in [6.45, 7) is 1.78. The number of phenolic OH excluding ortho intramolecular Hbond substituents is 1. The third-order valence-electron chi connectivity index (χ3n) is 3.03. The SMILES string of the molecule is CC(Nc1cc(C(N)=O)ccc1F)c1ccccc1O.